The third-order valence-corrected chi connectivity index (χ3v) is 4.19. The van der Waals surface area contributed by atoms with E-state index in [2.05, 4.69) is 42.6 Å². The van der Waals surface area contributed by atoms with Crippen molar-refractivity contribution < 1.29 is 9.69 Å². The molecule has 0 saturated heterocycles. The number of aryl methyl sites for hydroxylation is 1. The van der Waals surface area contributed by atoms with Gasteiger partial charge in [0.05, 0.1) is 13.1 Å². The van der Waals surface area contributed by atoms with Crippen LogP contribution in [0.3, 0.4) is 0 Å². The van der Waals surface area contributed by atoms with E-state index >= 15 is 0 Å². The van der Waals surface area contributed by atoms with E-state index in [0.717, 1.165) is 17.9 Å². The molecule has 22 heavy (non-hydrogen) atoms. The van der Waals surface area contributed by atoms with E-state index in [1.165, 1.54) is 11.1 Å². The van der Waals surface area contributed by atoms with Crippen molar-refractivity contribution in [1.29, 1.82) is 5.26 Å². The van der Waals surface area contributed by atoms with Crippen molar-refractivity contribution in [2.24, 2.45) is 5.92 Å². The fraction of sp³-hybridized carbons (Fsp3) is 0.556. The van der Waals surface area contributed by atoms with Crippen LogP contribution in [0.5, 0.6) is 0 Å². The molecular formula is C18H28N3O+. The molecule has 0 radical (unpaired) electrons. The van der Waals surface area contributed by atoms with Crippen molar-refractivity contribution in [1.82, 2.24) is 5.32 Å². The number of nitrogens with one attached hydrogen (secondary N) is 2. The highest BCUT2D eigenvalue weighted by molar-refractivity contribution is 5.78. The van der Waals surface area contributed by atoms with E-state index in [1.54, 1.807) is 6.92 Å². The minimum Gasteiger partial charge on any atom is -0.333 e. The van der Waals surface area contributed by atoms with Crippen LogP contribution in [-0.2, 0) is 17.8 Å². The van der Waals surface area contributed by atoms with E-state index in [-0.39, 0.29) is 11.8 Å². The number of likely N-dealkylation sites (N-methyl/N-ethyl adjacent to an activating group) is 1. The van der Waals surface area contributed by atoms with Gasteiger partial charge in [-0.3, -0.25) is 4.79 Å². The van der Waals surface area contributed by atoms with E-state index in [1.807, 2.05) is 20.9 Å². The molecule has 120 valence electrons. The molecule has 0 fully saturated rings. The summed E-state index contributed by atoms with van der Waals surface area (Å²) in [4.78, 5) is 13.2. The van der Waals surface area contributed by atoms with Gasteiger partial charge < -0.3 is 10.2 Å². The second kappa shape index (κ2) is 7.95. The van der Waals surface area contributed by atoms with Gasteiger partial charge in [0.25, 0.3) is 5.91 Å². The van der Waals surface area contributed by atoms with Crippen molar-refractivity contribution in [2.45, 2.75) is 46.2 Å². The van der Waals surface area contributed by atoms with Crippen LogP contribution in [0.15, 0.2) is 24.3 Å². The number of carbonyl (C=O) groups excluding carboxylic acids is 1. The minimum absolute atomic E-state index is 0.0725. The number of benzene rings is 1. The second-order valence-corrected chi connectivity index (χ2v) is 6.50. The number of amides is 1. The predicted octanol–water partition coefficient (Wildman–Crippen LogP) is 1.32. The van der Waals surface area contributed by atoms with Gasteiger partial charge in [-0.2, -0.15) is 5.26 Å². The summed E-state index contributed by atoms with van der Waals surface area (Å²) in [7, 11) is 1.99. The zero-order valence-corrected chi connectivity index (χ0v) is 14.4. The highest BCUT2D eigenvalue weighted by Gasteiger charge is 2.30. The molecule has 0 saturated carbocycles. The van der Waals surface area contributed by atoms with Gasteiger partial charge in [0.15, 0.2) is 6.54 Å². The zero-order valence-electron chi connectivity index (χ0n) is 14.4. The molecule has 4 nitrogen and oxygen atoms in total. The zero-order chi connectivity index (χ0) is 16.8. The topological polar surface area (TPSA) is 57.3 Å². The highest BCUT2D eigenvalue weighted by atomic mass is 16.2. The number of quaternary nitrogens is 1. The number of hydrogen-bond acceptors (Lipinski definition) is 2. The van der Waals surface area contributed by atoms with Crippen LogP contribution in [0.1, 0.15) is 38.8 Å². The number of carbonyl (C=O) groups is 1. The summed E-state index contributed by atoms with van der Waals surface area (Å²) in [6, 6.07) is 10.7. The highest BCUT2D eigenvalue weighted by Crippen LogP contribution is 2.14. The fourth-order valence-corrected chi connectivity index (χ4v) is 2.21. The number of nitriles is 1. The van der Waals surface area contributed by atoms with Gasteiger partial charge >= 0.3 is 0 Å². The average molecular weight is 302 g/mol. The lowest BCUT2D eigenvalue weighted by Crippen LogP contribution is -3.09. The molecule has 1 aromatic rings. The summed E-state index contributed by atoms with van der Waals surface area (Å²) in [5, 5.41) is 12.1. The summed E-state index contributed by atoms with van der Waals surface area (Å²) in [6.45, 7) is 8.94. The smallest absolute Gasteiger partial charge is 0.276 e. The molecule has 1 amide bonds. The van der Waals surface area contributed by atoms with Crippen molar-refractivity contribution in [2.75, 3.05) is 13.6 Å². The third kappa shape index (κ3) is 5.16. The van der Waals surface area contributed by atoms with E-state index in [4.69, 9.17) is 0 Å². The summed E-state index contributed by atoms with van der Waals surface area (Å²) in [6.07, 6.45) is 1.04. The molecule has 0 aliphatic carbocycles. The third-order valence-electron chi connectivity index (χ3n) is 4.19. The maximum Gasteiger partial charge on any atom is 0.276 e. The maximum absolute atomic E-state index is 12.1. The standard InChI is InChI=1S/C18H27N3O/c1-6-15-7-9-16(10-8-15)11-21(5)12-17(22)20-18(4,13-19)14(2)3/h7-10,14H,6,11-12H2,1-5H3,(H,20,22)/p+1/t18-/m1/s1. The van der Waals surface area contributed by atoms with Crippen LogP contribution in [0.4, 0.5) is 0 Å². The van der Waals surface area contributed by atoms with Crippen molar-refractivity contribution in [3.05, 3.63) is 35.4 Å². The molecule has 1 rings (SSSR count). The van der Waals surface area contributed by atoms with Crippen molar-refractivity contribution in [3.8, 4) is 6.07 Å². The van der Waals surface area contributed by atoms with Crippen LogP contribution in [0, 0.1) is 17.2 Å². The Bertz CT molecular complexity index is 530. The molecule has 0 spiro atoms. The summed E-state index contributed by atoms with van der Waals surface area (Å²) in [5.74, 6) is -0.0104. The largest absolute Gasteiger partial charge is 0.333 e. The number of hydrogen-bond donors (Lipinski definition) is 2. The molecule has 0 aliphatic rings. The minimum atomic E-state index is -0.805. The Morgan fingerprint density at radius 3 is 2.32 bits per heavy atom. The van der Waals surface area contributed by atoms with E-state index in [9.17, 15) is 10.1 Å². The summed E-state index contributed by atoms with van der Waals surface area (Å²) >= 11 is 0. The first-order valence-electron chi connectivity index (χ1n) is 7.92. The molecule has 2 atom stereocenters. The van der Waals surface area contributed by atoms with Gasteiger partial charge in [-0.05, 0) is 24.8 Å². The normalized spacial score (nSPS) is 15.0. The van der Waals surface area contributed by atoms with Gasteiger partial charge in [-0.15, -0.1) is 0 Å². The van der Waals surface area contributed by atoms with Crippen LogP contribution in [-0.4, -0.2) is 25.0 Å². The Hall–Kier alpha value is -1.86. The Labute approximate surface area is 134 Å². The predicted molar refractivity (Wildman–Crippen MR) is 88.3 cm³/mol. The second-order valence-electron chi connectivity index (χ2n) is 6.50. The molecule has 0 bridgehead atoms. The lowest BCUT2D eigenvalue weighted by molar-refractivity contribution is -0.885. The van der Waals surface area contributed by atoms with Gasteiger partial charge in [-0.25, -0.2) is 0 Å². The molecule has 1 aromatic carbocycles. The SMILES string of the molecule is CCc1ccc(C[NH+](C)CC(=O)N[C@](C)(C#N)C(C)C)cc1. The Morgan fingerprint density at radius 1 is 1.32 bits per heavy atom. The van der Waals surface area contributed by atoms with Gasteiger partial charge in [0.1, 0.15) is 12.1 Å². The van der Waals surface area contributed by atoms with Gasteiger partial charge in [0.2, 0.25) is 0 Å². The fourth-order valence-electron chi connectivity index (χ4n) is 2.21. The van der Waals surface area contributed by atoms with Crippen molar-refractivity contribution in [3.63, 3.8) is 0 Å². The van der Waals surface area contributed by atoms with Crippen LogP contribution < -0.4 is 10.2 Å². The lowest BCUT2D eigenvalue weighted by Gasteiger charge is -2.27. The van der Waals surface area contributed by atoms with Crippen molar-refractivity contribution >= 4 is 5.91 Å². The van der Waals surface area contributed by atoms with E-state index < -0.39 is 5.54 Å². The Balaban J connectivity index is 2.55. The van der Waals surface area contributed by atoms with E-state index in [0.29, 0.717) is 6.54 Å². The molecule has 0 aromatic heterocycles. The number of nitrogens with zero attached hydrogens (tertiary/aromatic N) is 1. The van der Waals surface area contributed by atoms with Crippen LogP contribution >= 0.6 is 0 Å². The Morgan fingerprint density at radius 2 is 1.86 bits per heavy atom. The monoisotopic (exact) mass is 302 g/mol. The maximum atomic E-state index is 12.1. The average Bonchev–Trinajstić information content (AvgIpc) is 2.47. The molecule has 2 N–H and O–H groups in total. The molecule has 4 heteroatoms. The lowest BCUT2D eigenvalue weighted by atomic mass is 9.90. The molecule has 1 unspecified atom stereocenters. The van der Waals surface area contributed by atoms with Crippen LogP contribution in [0.25, 0.3) is 0 Å². The van der Waals surface area contributed by atoms with Gasteiger partial charge in [-0.1, -0.05) is 45.0 Å². The first-order valence-corrected chi connectivity index (χ1v) is 7.92. The molecule has 0 aliphatic heterocycles. The summed E-state index contributed by atoms with van der Waals surface area (Å²) in [5.41, 5.74) is 1.73. The molecular weight excluding hydrogens is 274 g/mol. The van der Waals surface area contributed by atoms with Crippen LogP contribution in [0.2, 0.25) is 0 Å². The molecule has 0 heterocycles. The first-order chi connectivity index (χ1) is 10.3. The summed E-state index contributed by atoms with van der Waals surface area (Å²) < 4.78 is 0. The quantitative estimate of drug-likeness (QED) is 0.798. The first kappa shape index (κ1) is 18.2. The Kier molecular flexibility index (Phi) is 6.58. The van der Waals surface area contributed by atoms with Gasteiger partial charge in [0, 0.05) is 5.56 Å². The number of rotatable bonds is 7.